The molecular formula is C18H22N2O3. The van der Waals surface area contributed by atoms with Crippen LogP contribution in [-0.2, 0) is 24.7 Å². The van der Waals surface area contributed by atoms with Crippen LogP contribution in [0.25, 0.3) is 0 Å². The molecule has 0 aliphatic heterocycles. The molecule has 0 radical (unpaired) electrons. The average Bonchev–Trinajstić information content (AvgIpc) is 2.90. The van der Waals surface area contributed by atoms with Gasteiger partial charge in [0.05, 0.1) is 12.0 Å². The third-order valence-corrected chi connectivity index (χ3v) is 3.89. The van der Waals surface area contributed by atoms with E-state index in [1.807, 2.05) is 26.2 Å². The highest BCUT2D eigenvalue weighted by atomic mass is 16.4. The summed E-state index contributed by atoms with van der Waals surface area (Å²) in [7, 11) is 2.00. The first-order valence-corrected chi connectivity index (χ1v) is 7.68. The number of hydrogen-bond acceptors (Lipinski definition) is 2. The highest BCUT2D eigenvalue weighted by Crippen LogP contribution is 2.10. The van der Waals surface area contributed by atoms with Gasteiger partial charge in [0.25, 0.3) is 0 Å². The molecule has 1 aromatic carbocycles. The molecule has 5 heteroatoms. The fourth-order valence-corrected chi connectivity index (χ4v) is 2.57. The van der Waals surface area contributed by atoms with Gasteiger partial charge in [-0.3, -0.25) is 4.79 Å². The maximum Gasteiger partial charge on any atom is 0.335 e. The summed E-state index contributed by atoms with van der Waals surface area (Å²) in [6, 6.07) is 10.7. The van der Waals surface area contributed by atoms with E-state index < -0.39 is 5.97 Å². The standard InChI is InChI=1S/C18H22N2O3/c1-13(9-10-15-7-5-11-20(15)2)19-17(21)12-14-6-3-4-8-16(14)18(22)23/h3-8,11,13H,9-10,12H2,1-2H3,(H,19,21)(H,22,23). The molecule has 1 atom stereocenters. The molecule has 0 aliphatic carbocycles. The molecule has 1 unspecified atom stereocenters. The first-order valence-electron chi connectivity index (χ1n) is 7.68. The Morgan fingerprint density at radius 3 is 2.61 bits per heavy atom. The summed E-state index contributed by atoms with van der Waals surface area (Å²) < 4.78 is 2.07. The van der Waals surface area contributed by atoms with Gasteiger partial charge in [0.2, 0.25) is 5.91 Å². The van der Waals surface area contributed by atoms with E-state index in [0.29, 0.717) is 5.56 Å². The summed E-state index contributed by atoms with van der Waals surface area (Å²) >= 11 is 0. The van der Waals surface area contributed by atoms with Crippen molar-refractivity contribution in [3.8, 4) is 0 Å². The van der Waals surface area contributed by atoms with Crippen LogP contribution in [0.2, 0.25) is 0 Å². The van der Waals surface area contributed by atoms with Crippen LogP contribution in [0.1, 0.15) is 35.0 Å². The number of benzene rings is 1. The van der Waals surface area contributed by atoms with Gasteiger partial charge in [0.15, 0.2) is 0 Å². The Hall–Kier alpha value is -2.56. The zero-order valence-electron chi connectivity index (χ0n) is 13.5. The maximum atomic E-state index is 12.1. The molecular weight excluding hydrogens is 292 g/mol. The van der Waals surface area contributed by atoms with Crippen LogP contribution in [0.3, 0.4) is 0 Å². The van der Waals surface area contributed by atoms with Crippen LogP contribution in [0.4, 0.5) is 0 Å². The summed E-state index contributed by atoms with van der Waals surface area (Å²) in [6.07, 6.45) is 3.80. The van der Waals surface area contributed by atoms with Crippen molar-refractivity contribution in [3.05, 3.63) is 59.4 Å². The zero-order chi connectivity index (χ0) is 16.8. The number of nitrogens with one attached hydrogen (secondary N) is 1. The molecule has 2 rings (SSSR count). The lowest BCUT2D eigenvalue weighted by atomic mass is 10.0. The molecule has 1 aromatic heterocycles. The van der Waals surface area contributed by atoms with Crippen molar-refractivity contribution in [1.29, 1.82) is 0 Å². The number of carbonyl (C=O) groups excluding carboxylic acids is 1. The summed E-state index contributed by atoms with van der Waals surface area (Å²) in [6.45, 7) is 1.96. The molecule has 2 aromatic rings. The smallest absolute Gasteiger partial charge is 0.335 e. The van der Waals surface area contributed by atoms with E-state index in [9.17, 15) is 9.59 Å². The minimum absolute atomic E-state index is 0.0365. The molecule has 1 amide bonds. The fourth-order valence-electron chi connectivity index (χ4n) is 2.57. The molecule has 0 spiro atoms. The number of aromatic nitrogens is 1. The number of amides is 1. The first-order chi connectivity index (χ1) is 11.0. The predicted molar refractivity (Wildman–Crippen MR) is 88.4 cm³/mol. The van der Waals surface area contributed by atoms with Gasteiger partial charge in [-0.1, -0.05) is 18.2 Å². The van der Waals surface area contributed by atoms with E-state index >= 15 is 0 Å². The molecule has 122 valence electrons. The number of rotatable bonds is 7. The van der Waals surface area contributed by atoms with Crippen molar-refractivity contribution >= 4 is 11.9 Å². The Labute approximate surface area is 135 Å². The maximum absolute atomic E-state index is 12.1. The van der Waals surface area contributed by atoms with Crippen molar-refractivity contribution in [2.45, 2.75) is 32.2 Å². The van der Waals surface area contributed by atoms with Crippen LogP contribution in [0.15, 0.2) is 42.6 Å². The van der Waals surface area contributed by atoms with Crippen LogP contribution in [-0.4, -0.2) is 27.6 Å². The van der Waals surface area contributed by atoms with Gasteiger partial charge in [-0.15, -0.1) is 0 Å². The minimum atomic E-state index is -1.01. The molecule has 0 aliphatic rings. The summed E-state index contributed by atoms with van der Waals surface area (Å²) in [5.41, 5.74) is 1.94. The Morgan fingerprint density at radius 1 is 1.22 bits per heavy atom. The van der Waals surface area contributed by atoms with Gasteiger partial charge < -0.3 is 15.0 Å². The third kappa shape index (κ3) is 4.71. The number of aryl methyl sites for hydroxylation is 2. The quantitative estimate of drug-likeness (QED) is 0.824. The number of nitrogens with zero attached hydrogens (tertiary/aromatic N) is 1. The highest BCUT2D eigenvalue weighted by Gasteiger charge is 2.14. The number of carboxylic acid groups (broad SMARTS) is 1. The van der Waals surface area contributed by atoms with Crippen LogP contribution < -0.4 is 5.32 Å². The van der Waals surface area contributed by atoms with Crippen molar-refractivity contribution in [2.24, 2.45) is 7.05 Å². The number of carbonyl (C=O) groups is 2. The highest BCUT2D eigenvalue weighted by molar-refractivity contribution is 5.91. The van der Waals surface area contributed by atoms with Crippen LogP contribution in [0.5, 0.6) is 0 Å². The zero-order valence-corrected chi connectivity index (χ0v) is 13.5. The predicted octanol–water partition coefficient (Wildman–Crippen LogP) is 2.40. The van der Waals surface area contributed by atoms with Crippen molar-refractivity contribution in [3.63, 3.8) is 0 Å². The summed E-state index contributed by atoms with van der Waals surface area (Å²) in [4.78, 5) is 23.3. The molecule has 2 N–H and O–H groups in total. The van der Waals surface area contributed by atoms with E-state index in [1.165, 1.54) is 11.8 Å². The van der Waals surface area contributed by atoms with E-state index in [1.54, 1.807) is 18.2 Å². The molecule has 5 nitrogen and oxygen atoms in total. The first kappa shape index (κ1) is 16.8. The molecule has 0 saturated heterocycles. The summed E-state index contributed by atoms with van der Waals surface area (Å²) in [5.74, 6) is -1.16. The number of carboxylic acids is 1. The molecule has 0 fully saturated rings. The van der Waals surface area contributed by atoms with Crippen LogP contribution in [0, 0.1) is 0 Å². The van der Waals surface area contributed by atoms with Crippen LogP contribution >= 0.6 is 0 Å². The van der Waals surface area contributed by atoms with E-state index in [2.05, 4.69) is 16.0 Å². The largest absolute Gasteiger partial charge is 0.478 e. The topological polar surface area (TPSA) is 71.3 Å². The fraction of sp³-hybridized carbons (Fsp3) is 0.333. The minimum Gasteiger partial charge on any atom is -0.478 e. The SMILES string of the molecule is CC(CCc1cccn1C)NC(=O)Cc1ccccc1C(=O)O. The van der Waals surface area contributed by atoms with Gasteiger partial charge in [0.1, 0.15) is 0 Å². The molecule has 0 saturated carbocycles. The van der Waals surface area contributed by atoms with Crippen molar-refractivity contribution in [1.82, 2.24) is 9.88 Å². The second kappa shape index (κ2) is 7.63. The molecule has 1 heterocycles. The van der Waals surface area contributed by atoms with Gasteiger partial charge in [-0.05, 0) is 43.5 Å². The number of hydrogen-bond donors (Lipinski definition) is 2. The number of aromatic carboxylic acids is 1. The Morgan fingerprint density at radius 2 is 1.96 bits per heavy atom. The Bertz CT molecular complexity index is 691. The van der Waals surface area contributed by atoms with Gasteiger partial charge in [0, 0.05) is 25.0 Å². The Balaban J connectivity index is 1.87. The average molecular weight is 314 g/mol. The lowest BCUT2D eigenvalue weighted by Crippen LogP contribution is -2.34. The molecule has 23 heavy (non-hydrogen) atoms. The van der Waals surface area contributed by atoms with Crippen molar-refractivity contribution in [2.75, 3.05) is 0 Å². The van der Waals surface area contributed by atoms with E-state index in [-0.39, 0.29) is 23.9 Å². The lowest BCUT2D eigenvalue weighted by molar-refractivity contribution is -0.121. The summed E-state index contributed by atoms with van der Waals surface area (Å²) in [5, 5.41) is 12.1. The van der Waals surface area contributed by atoms with E-state index in [0.717, 1.165) is 12.8 Å². The lowest BCUT2D eigenvalue weighted by Gasteiger charge is -2.15. The molecule has 0 bridgehead atoms. The van der Waals surface area contributed by atoms with Gasteiger partial charge in [-0.2, -0.15) is 0 Å². The Kier molecular flexibility index (Phi) is 5.57. The van der Waals surface area contributed by atoms with Crippen molar-refractivity contribution < 1.29 is 14.7 Å². The normalized spacial score (nSPS) is 11.9. The van der Waals surface area contributed by atoms with Gasteiger partial charge in [-0.25, -0.2) is 4.79 Å². The van der Waals surface area contributed by atoms with Gasteiger partial charge >= 0.3 is 5.97 Å². The second-order valence-corrected chi connectivity index (χ2v) is 5.76. The monoisotopic (exact) mass is 314 g/mol. The third-order valence-electron chi connectivity index (χ3n) is 3.89. The van der Waals surface area contributed by atoms with E-state index in [4.69, 9.17) is 5.11 Å². The second-order valence-electron chi connectivity index (χ2n) is 5.76.